The number of rotatable bonds is 4. The van der Waals surface area contributed by atoms with Crippen molar-refractivity contribution in [3.63, 3.8) is 0 Å². The fraction of sp³-hybridized carbons (Fsp3) is 0.375. The number of aromatic amines is 1. The molecule has 0 unspecified atom stereocenters. The highest BCUT2D eigenvalue weighted by atomic mass is 16.1. The Kier molecular flexibility index (Phi) is 3.19. The van der Waals surface area contributed by atoms with Gasteiger partial charge in [-0.2, -0.15) is 5.10 Å². The summed E-state index contributed by atoms with van der Waals surface area (Å²) >= 11 is 0. The third-order valence-corrected chi connectivity index (χ3v) is 1.59. The minimum absolute atomic E-state index is 0.170. The Labute approximate surface area is 75.5 Å². The molecule has 5 heteroatoms. The molecule has 1 rings (SSSR count). The first-order valence-electron chi connectivity index (χ1n) is 3.97. The van der Waals surface area contributed by atoms with E-state index in [4.69, 9.17) is 0 Å². The quantitative estimate of drug-likeness (QED) is 0.669. The molecule has 0 aliphatic carbocycles. The van der Waals surface area contributed by atoms with Crippen molar-refractivity contribution in [2.75, 3.05) is 5.32 Å². The summed E-state index contributed by atoms with van der Waals surface area (Å²) in [6.45, 7) is 1.81. The van der Waals surface area contributed by atoms with Crippen LogP contribution < -0.4 is 5.32 Å². The van der Waals surface area contributed by atoms with Crippen LogP contribution in [0.2, 0.25) is 0 Å². The van der Waals surface area contributed by atoms with Gasteiger partial charge in [0.05, 0.1) is 17.6 Å². The summed E-state index contributed by atoms with van der Waals surface area (Å²) in [4.78, 5) is 21.1. The Morgan fingerprint density at radius 2 is 2.54 bits per heavy atom. The van der Waals surface area contributed by atoms with Crippen LogP contribution >= 0.6 is 0 Å². The highest BCUT2D eigenvalue weighted by Gasteiger charge is 2.04. The second-order valence-corrected chi connectivity index (χ2v) is 2.66. The van der Waals surface area contributed by atoms with Crippen LogP contribution in [0.4, 0.5) is 5.69 Å². The van der Waals surface area contributed by atoms with Crippen LogP contribution in [0.25, 0.3) is 0 Å². The van der Waals surface area contributed by atoms with E-state index in [-0.39, 0.29) is 18.7 Å². The number of H-pyrrole nitrogens is 1. The summed E-state index contributed by atoms with van der Waals surface area (Å²) in [5, 5.41) is 9.08. The van der Waals surface area contributed by atoms with Crippen LogP contribution in [0.5, 0.6) is 0 Å². The lowest BCUT2D eigenvalue weighted by molar-refractivity contribution is -0.118. The zero-order valence-corrected chi connectivity index (χ0v) is 7.33. The van der Waals surface area contributed by atoms with Gasteiger partial charge in [-0.25, -0.2) is 0 Å². The van der Waals surface area contributed by atoms with Crippen molar-refractivity contribution in [1.82, 2.24) is 10.2 Å². The number of nitrogens with one attached hydrogen (secondary N) is 2. The molecule has 1 aromatic heterocycles. The van der Waals surface area contributed by atoms with Gasteiger partial charge in [0, 0.05) is 12.8 Å². The van der Waals surface area contributed by atoms with E-state index in [9.17, 15) is 9.59 Å². The highest BCUT2D eigenvalue weighted by Crippen LogP contribution is 2.09. The SMILES string of the molecule is Cc1[nH]ncc1NC(=O)CCC=O. The van der Waals surface area contributed by atoms with Gasteiger partial charge in [0.25, 0.3) is 0 Å². The van der Waals surface area contributed by atoms with Crippen LogP contribution in [-0.4, -0.2) is 22.4 Å². The van der Waals surface area contributed by atoms with Gasteiger partial charge < -0.3 is 10.1 Å². The normalized spacial score (nSPS) is 9.62. The Bertz CT molecular complexity index is 306. The summed E-state index contributed by atoms with van der Waals surface area (Å²) in [6.07, 6.45) is 2.73. The molecule has 0 radical (unpaired) electrons. The number of nitrogens with zero attached hydrogens (tertiary/aromatic N) is 1. The number of hydrogen-bond acceptors (Lipinski definition) is 3. The standard InChI is InChI=1S/C8H11N3O2/c1-6-7(5-9-11-6)10-8(13)3-2-4-12/h4-5H,2-3H2,1H3,(H,9,11)(H,10,13). The fourth-order valence-corrected chi connectivity index (χ4v) is 0.879. The third kappa shape index (κ3) is 2.70. The van der Waals surface area contributed by atoms with Crippen molar-refractivity contribution < 1.29 is 9.59 Å². The van der Waals surface area contributed by atoms with E-state index in [0.717, 1.165) is 12.0 Å². The average molecular weight is 181 g/mol. The van der Waals surface area contributed by atoms with Gasteiger partial charge in [0.15, 0.2) is 0 Å². The molecule has 1 aromatic rings. The van der Waals surface area contributed by atoms with Crippen LogP contribution in [0.15, 0.2) is 6.20 Å². The van der Waals surface area contributed by atoms with E-state index in [1.165, 1.54) is 6.20 Å². The van der Waals surface area contributed by atoms with Crippen LogP contribution in [0.1, 0.15) is 18.5 Å². The van der Waals surface area contributed by atoms with Gasteiger partial charge in [-0.15, -0.1) is 0 Å². The van der Waals surface area contributed by atoms with Crippen molar-refractivity contribution in [3.8, 4) is 0 Å². The maximum atomic E-state index is 11.1. The predicted octanol–water partition coefficient (Wildman–Crippen LogP) is 0.636. The van der Waals surface area contributed by atoms with Gasteiger partial charge in [0.1, 0.15) is 6.29 Å². The molecule has 0 aromatic carbocycles. The number of carbonyl (C=O) groups excluding carboxylic acids is 2. The second-order valence-electron chi connectivity index (χ2n) is 2.66. The van der Waals surface area contributed by atoms with Crippen molar-refractivity contribution >= 4 is 17.9 Å². The summed E-state index contributed by atoms with van der Waals surface area (Å²) in [5.41, 5.74) is 1.47. The molecular formula is C8H11N3O2. The molecule has 0 saturated heterocycles. The lowest BCUT2D eigenvalue weighted by atomic mass is 10.3. The first-order valence-corrected chi connectivity index (χ1v) is 3.97. The number of hydrogen-bond donors (Lipinski definition) is 2. The fourth-order valence-electron chi connectivity index (χ4n) is 0.879. The van der Waals surface area contributed by atoms with E-state index >= 15 is 0 Å². The van der Waals surface area contributed by atoms with Crippen LogP contribution in [0.3, 0.4) is 0 Å². The van der Waals surface area contributed by atoms with E-state index in [0.29, 0.717) is 5.69 Å². The lowest BCUT2D eigenvalue weighted by Crippen LogP contribution is -2.11. The smallest absolute Gasteiger partial charge is 0.224 e. The molecule has 0 fully saturated rings. The number of aldehydes is 1. The first-order chi connectivity index (χ1) is 6.24. The van der Waals surface area contributed by atoms with Gasteiger partial charge in [0.2, 0.25) is 5.91 Å². The minimum atomic E-state index is -0.170. The summed E-state index contributed by atoms with van der Waals surface area (Å²) < 4.78 is 0. The Morgan fingerprint density at radius 3 is 3.08 bits per heavy atom. The Balaban J connectivity index is 2.45. The van der Waals surface area contributed by atoms with Crippen LogP contribution in [-0.2, 0) is 9.59 Å². The van der Waals surface area contributed by atoms with Crippen molar-refractivity contribution in [1.29, 1.82) is 0 Å². The topological polar surface area (TPSA) is 74.8 Å². The molecule has 0 bridgehead atoms. The van der Waals surface area contributed by atoms with E-state index in [2.05, 4.69) is 15.5 Å². The zero-order valence-electron chi connectivity index (χ0n) is 7.33. The molecular weight excluding hydrogens is 170 g/mol. The van der Waals surface area contributed by atoms with Crippen molar-refractivity contribution in [3.05, 3.63) is 11.9 Å². The van der Waals surface area contributed by atoms with Crippen LogP contribution in [0, 0.1) is 6.92 Å². The number of amides is 1. The molecule has 5 nitrogen and oxygen atoms in total. The molecule has 0 atom stereocenters. The molecule has 70 valence electrons. The predicted molar refractivity (Wildman–Crippen MR) is 47.3 cm³/mol. The molecule has 0 spiro atoms. The average Bonchev–Trinajstić information content (AvgIpc) is 2.48. The molecule has 2 N–H and O–H groups in total. The minimum Gasteiger partial charge on any atom is -0.323 e. The van der Waals surface area contributed by atoms with E-state index in [1.807, 2.05) is 6.92 Å². The Morgan fingerprint density at radius 1 is 1.77 bits per heavy atom. The van der Waals surface area contributed by atoms with Crippen molar-refractivity contribution in [2.45, 2.75) is 19.8 Å². The molecule has 0 aliphatic heterocycles. The maximum Gasteiger partial charge on any atom is 0.224 e. The molecule has 0 saturated carbocycles. The largest absolute Gasteiger partial charge is 0.323 e. The number of aryl methyl sites for hydroxylation is 1. The zero-order chi connectivity index (χ0) is 9.68. The number of anilines is 1. The van der Waals surface area contributed by atoms with E-state index < -0.39 is 0 Å². The Hall–Kier alpha value is -1.65. The first kappa shape index (κ1) is 9.44. The molecule has 1 amide bonds. The van der Waals surface area contributed by atoms with Crippen molar-refractivity contribution in [2.24, 2.45) is 0 Å². The number of aromatic nitrogens is 2. The molecule has 0 aliphatic rings. The maximum absolute atomic E-state index is 11.1. The number of carbonyl (C=O) groups is 2. The summed E-state index contributed by atoms with van der Waals surface area (Å²) in [7, 11) is 0. The van der Waals surface area contributed by atoms with Gasteiger partial charge in [-0.05, 0) is 6.92 Å². The summed E-state index contributed by atoms with van der Waals surface area (Å²) in [5.74, 6) is -0.170. The third-order valence-electron chi connectivity index (χ3n) is 1.59. The van der Waals surface area contributed by atoms with Gasteiger partial charge in [-0.3, -0.25) is 9.89 Å². The van der Waals surface area contributed by atoms with Gasteiger partial charge in [-0.1, -0.05) is 0 Å². The second kappa shape index (κ2) is 4.39. The van der Waals surface area contributed by atoms with E-state index in [1.54, 1.807) is 0 Å². The molecule has 13 heavy (non-hydrogen) atoms. The summed E-state index contributed by atoms with van der Waals surface area (Å²) in [6, 6.07) is 0. The lowest BCUT2D eigenvalue weighted by Gasteiger charge is -2.00. The molecule has 1 heterocycles. The monoisotopic (exact) mass is 181 g/mol. The van der Waals surface area contributed by atoms with Gasteiger partial charge >= 0.3 is 0 Å². The highest BCUT2D eigenvalue weighted by molar-refractivity contribution is 5.91.